The largest absolute Gasteiger partial charge is 1.00 e. The number of halogens is 1. The van der Waals surface area contributed by atoms with Gasteiger partial charge in [-0.05, 0) is 12.3 Å². The number of hydrogen-bond acceptors (Lipinski definition) is 2. The van der Waals surface area contributed by atoms with Gasteiger partial charge in [0.05, 0.1) is 34.3 Å². The molecule has 4 heteroatoms. The van der Waals surface area contributed by atoms with Crippen molar-refractivity contribution >= 4 is 11.3 Å². The molecule has 0 radical (unpaired) electrons. The third-order valence-corrected chi connectivity index (χ3v) is 2.88. The fourth-order valence-electron chi connectivity index (χ4n) is 1.22. The molecule has 0 atom stereocenters. The Labute approximate surface area is 107 Å². The molecule has 0 amide bonds. The molecule has 2 nitrogen and oxygen atoms in total. The lowest BCUT2D eigenvalue weighted by Crippen LogP contribution is -3.00. The van der Waals surface area contributed by atoms with E-state index in [2.05, 4.69) is 38.8 Å². The summed E-state index contributed by atoms with van der Waals surface area (Å²) in [6.45, 7) is 4.07. The molecule has 0 spiro atoms. The second kappa shape index (κ2) is 6.51. The third-order valence-electron chi connectivity index (χ3n) is 2.04. The number of quaternary nitrogens is 1. The summed E-state index contributed by atoms with van der Waals surface area (Å²) in [5.74, 6) is 1.05. The lowest BCUT2D eigenvalue weighted by molar-refractivity contribution is -0.870. The second-order valence-electron chi connectivity index (χ2n) is 4.63. The summed E-state index contributed by atoms with van der Waals surface area (Å²) in [6.07, 6.45) is 1.11. The van der Waals surface area contributed by atoms with Crippen molar-refractivity contribution < 1.29 is 26.2 Å². The van der Waals surface area contributed by atoms with Gasteiger partial charge in [0.2, 0.25) is 0 Å². The van der Waals surface area contributed by atoms with E-state index in [-0.39, 0.29) is 17.0 Å². The molecule has 0 unspecified atom stereocenters. The molecule has 0 saturated carbocycles. The van der Waals surface area contributed by atoms with Crippen LogP contribution in [0.15, 0.2) is 10.8 Å². The van der Waals surface area contributed by atoms with Gasteiger partial charge in [-0.1, -0.05) is 0 Å². The Morgan fingerprint density at radius 3 is 2.40 bits per heavy atom. The number of rotatable bonds is 5. The fraction of sp³-hybridized carbons (Fsp3) is 0.636. The molecule has 15 heavy (non-hydrogen) atoms. The molecule has 1 heterocycles. The summed E-state index contributed by atoms with van der Waals surface area (Å²) in [6, 6.07) is 0. The van der Waals surface area contributed by atoms with Crippen LogP contribution in [0, 0.1) is 6.92 Å². The average Bonchev–Trinajstić information content (AvgIpc) is 2.44. The van der Waals surface area contributed by atoms with Crippen molar-refractivity contribution in [1.82, 2.24) is 0 Å². The van der Waals surface area contributed by atoms with Gasteiger partial charge in [-0.2, -0.15) is 0 Å². The van der Waals surface area contributed by atoms with Crippen LogP contribution in [0.4, 0.5) is 0 Å². The van der Waals surface area contributed by atoms with Crippen LogP contribution in [0.1, 0.15) is 12.0 Å². The molecule has 1 aromatic heterocycles. The predicted molar refractivity (Wildman–Crippen MR) is 62.1 cm³/mol. The van der Waals surface area contributed by atoms with E-state index in [0.29, 0.717) is 0 Å². The first-order chi connectivity index (χ1) is 6.49. The van der Waals surface area contributed by atoms with Crippen LogP contribution in [0.2, 0.25) is 0 Å². The number of hydrogen-bond donors (Lipinski definition) is 0. The molecule has 0 aromatic carbocycles. The molecular formula is C11H20BrNOS. The van der Waals surface area contributed by atoms with Gasteiger partial charge in [0.15, 0.2) is 0 Å². The number of ether oxygens (including phenoxy) is 1. The molecule has 0 saturated heterocycles. The van der Waals surface area contributed by atoms with Gasteiger partial charge in [-0.25, -0.2) is 0 Å². The molecule has 0 fully saturated rings. The topological polar surface area (TPSA) is 9.23 Å². The molecule has 0 bridgehead atoms. The lowest BCUT2D eigenvalue weighted by Gasteiger charge is -2.23. The quantitative estimate of drug-likeness (QED) is 0.527. The first-order valence-electron chi connectivity index (χ1n) is 4.95. The van der Waals surface area contributed by atoms with Crippen LogP contribution in [-0.2, 0) is 0 Å². The van der Waals surface area contributed by atoms with Crippen LogP contribution in [0.5, 0.6) is 5.75 Å². The van der Waals surface area contributed by atoms with Gasteiger partial charge in [0.25, 0.3) is 0 Å². The predicted octanol–water partition coefficient (Wildman–Crippen LogP) is -0.464. The summed E-state index contributed by atoms with van der Waals surface area (Å²) in [4.78, 5) is 0. The van der Waals surface area contributed by atoms with Crippen LogP contribution in [0.3, 0.4) is 0 Å². The zero-order valence-corrected chi connectivity index (χ0v) is 12.3. The molecule has 0 aliphatic heterocycles. The summed E-state index contributed by atoms with van der Waals surface area (Å²) in [5, 5.41) is 4.19. The van der Waals surface area contributed by atoms with E-state index in [1.54, 1.807) is 11.3 Å². The Morgan fingerprint density at radius 1 is 1.27 bits per heavy atom. The molecule has 88 valence electrons. The summed E-state index contributed by atoms with van der Waals surface area (Å²) >= 11 is 1.70. The minimum atomic E-state index is 0. The smallest absolute Gasteiger partial charge is 0.132 e. The number of aryl methyl sites for hydroxylation is 1. The van der Waals surface area contributed by atoms with E-state index in [0.717, 1.165) is 29.8 Å². The summed E-state index contributed by atoms with van der Waals surface area (Å²) in [5.41, 5.74) is 1.25. The van der Waals surface area contributed by atoms with Crippen molar-refractivity contribution in [2.24, 2.45) is 0 Å². The third kappa shape index (κ3) is 6.17. The Morgan fingerprint density at radius 2 is 1.93 bits per heavy atom. The molecule has 0 aliphatic carbocycles. The van der Waals surface area contributed by atoms with Crippen LogP contribution >= 0.6 is 11.3 Å². The van der Waals surface area contributed by atoms with Crippen molar-refractivity contribution in [2.75, 3.05) is 34.3 Å². The van der Waals surface area contributed by atoms with Crippen LogP contribution < -0.4 is 21.7 Å². The Bertz CT molecular complexity index is 280. The number of nitrogens with zero attached hydrogens (tertiary/aromatic N) is 1. The first kappa shape index (κ1) is 14.9. The first-order valence-corrected chi connectivity index (χ1v) is 5.89. The standard InChI is InChI=1S/C11H20NOS.BrH/c1-10-8-14-9-11(10)13-7-5-6-12(2,3)4;/h8-9H,5-7H2,1-4H3;1H/q+1;/p-1. The van der Waals surface area contributed by atoms with Gasteiger partial charge in [0.1, 0.15) is 5.75 Å². The zero-order chi connectivity index (χ0) is 10.6. The van der Waals surface area contributed by atoms with E-state index >= 15 is 0 Å². The van der Waals surface area contributed by atoms with Gasteiger partial charge in [-0.3, -0.25) is 0 Å². The van der Waals surface area contributed by atoms with Gasteiger partial charge >= 0.3 is 0 Å². The van der Waals surface area contributed by atoms with E-state index in [1.165, 1.54) is 5.56 Å². The van der Waals surface area contributed by atoms with E-state index in [1.807, 2.05) is 0 Å². The Hall–Kier alpha value is -0.0600. The molecular weight excluding hydrogens is 274 g/mol. The van der Waals surface area contributed by atoms with Crippen molar-refractivity contribution in [2.45, 2.75) is 13.3 Å². The maximum Gasteiger partial charge on any atom is 0.132 e. The van der Waals surface area contributed by atoms with Gasteiger partial charge in [0, 0.05) is 17.4 Å². The number of thiophene rings is 1. The van der Waals surface area contributed by atoms with Crippen molar-refractivity contribution in [3.8, 4) is 5.75 Å². The second-order valence-corrected chi connectivity index (χ2v) is 5.38. The normalized spacial score (nSPS) is 10.9. The Balaban J connectivity index is 0.00000196. The molecule has 0 N–H and O–H groups in total. The summed E-state index contributed by atoms with van der Waals surface area (Å²) < 4.78 is 6.68. The molecule has 1 aromatic rings. The highest BCUT2D eigenvalue weighted by Gasteiger charge is 2.06. The molecule has 0 aliphatic rings. The maximum atomic E-state index is 5.67. The van der Waals surface area contributed by atoms with E-state index in [4.69, 9.17) is 4.74 Å². The highest BCUT2D eigenvalue weighted by Crippen LogP contribution is 2.22. The van der Waals surface area contributed by atoms with E-state index in [9.17, 15) is 0 Å². The minimum absolute atomic E-state index is 0. The maximum absolute atomic E-state index is 5.67. The highest BCUT2D eigenvalue weighted by molar-refractivity contribution is 7.08. The summed E-state index contributed by atoms with van der Waals surface area (Å²) in [7, 11) is 6.61. The van der Waals surface area contributed by atoms with E-state index < -0.39 is 0 Å². The molecule has 1 rings (SSSR count). The lowest BCUT2D eigenvalue weighted by atomic mass is 10.3. The van der Waals surface area contributed by atoms with Crippen molar-refractivity contribution in [3.05, 3.63) is 16.3 Å². The van der Waals surface area contributed by atoms with Gasteiger partial charge in [-0.15, -0.1) is 11.3 Å². The van der Waals surface area contributed by atoms with Crippen LogP contribution in [0.25, 0.3) is 0 Å². The fourth-order valence-corrected chi connectivity index (χ4v) is 1.98. The van der Waals surface area contributed by atoms with Gasteiger partial charge < -0.3 is 26.2 Å². The monoisotopic (exact) mass is 293 g/mol. The minimum Gasteiger partial charge on any atom is -1.00 e. The van der Waals surface area contributed by atoms with Crippen molar-refractivity contribution in [3.63, 3.8) is 0 Å². The SMILES string of the molecule is Cc1cscc1OCCC[N+](C)(C)C.[Br-]. The Kier molecular flexibility index (Phi) is 6.48. The van der Waals surface area contributed by atoms with Crippen LogP contribution in [-0.4, -0.2) is 38.8 Å². The zero-order valence-electron chi connectivity index (χ0n) is 9.92. The average molecular weight is 294 g/mol. The van der Waals surface area contributed by atoms with Crippen molar-refractivity contribution in [1.29, 1.82) is 0 Å². The highest BCUT2D eigenvalue weighted by atomic mass is 79.9.